The molecular formula is C5H14NO5P. The molecule has 7 heteroatoms. The number of hydrogen-bond donors (Lipinski definition) is 4. The maximum atomic E-state index is 10.9. The van der Waals surface area contributed by atoms with Crippen molar-refractivity contribution in [2.75, 3.05) is 13.2 Å². The molecule has 0 aromatic rings. The van der Waals surface area contributed by atoms with Gasteiger partial charge in [0, 0.05) is 0 Å². The lowest BCUT2D eigenvalue weighted by molar-refractivity contribution is 0.0487. The predicted molar refractivity (Wildman–Crippen MR) is 42.9 cm³/mol. The molecule has 5 N–H and O–H groups in total. The molecule has 0 saturated heterocycles. The third kappa shape index (κ3) is 4.82. The fraction of sp³-hybridized carbons (Fsp3) is 1.00. The standard InChI is InChI=1S/C5H14NO5P/c1-5(6,9)12(10)11-3-4(8)2-7/h4,7-9,12H,2-3,6H2,1H3. The Morgan fingerprint density at radius 1 is 1.75 bits per heavy atom. The van der Waals surface area contributed by atoms with Crippen molar-refractivity contribution in [3.8, 4) is 0 Å². The first-order valence-corrected chi connectivity index (χ1v) is 4.67. The van der Waals surface area contributed by atoms with Gasteiger partial charge in [-0.3, -0.25) is 10.3 Å². The van der Waals surface area contributed by atoms with Gasteiger partial charge in [0.05, 0.1) is 13.2 Å². The van der Waals surface area contributed by atoms with E-state index in [0.29, 0.717) is 0 Å². The van der Waals surface area contributed by atoms with E-state index in [2.05, 4.69) is 4.52 Å². The fourth-order valence-corrected chi connectivity index (χ4v) is 1.01. The molecule has 0 heterocycles. The topological polar surface area (TPSA) is 113 Å². The summed E-state index contributed by atoms with van der Waals surface area (Å²) in [4.78, 5) is 0. The summed E-state index contributed by atoms with van der Waals surface area (Å²) in [5, 5.41) is 26.0. The number of aliphatic hydroxyl groups excluding tert-OH is 2. The van der Waals surface area contributed by atoms with E-state index in [-0.39, 0.29) is 6.61 Å². The fourth-order valence-electron chi connectivity index (χ4n) is 0.371. The molecule has 3 unspecified atom stereocenters. The van der Waals surface area contributed by atoms with Crippen LogP contribution in [0.25, 0.3) is 0 Å². The molecule has 0 aliphatic heterocycles. The maximum Gasteiger partial charge on any atom is 0.236 e. The zero-order valence-electron chi connectivity index (χ0n) is 6.73. The second-order valence-electron chi connectivity index (χ2n) is 2.58. The Morgan fingerprint density at radius 2 is 2.25 bits per heavy atom. The van der Waals surface area contributed by atoms with E-state index in [9.17, 15) is 4.57 Å². The largest absolute Gasteiger partial charge is 0.394 e. The van der Waals surface area contributed by atoms with Gasteiger partial charge < -0.3 is 19.8 Å². The molecule has 0 saturated carbocycles. The molecule has 3 atom stereocenters. The van der Waals surface area contributed by atoms with E-state index in [0.717, 1.165) is 6.92 Å². The van der Waals surface area contributed by atoms with Crippen LogP contribution in [0.3, 0.4) is 0 Å². The van der Waals surface area contributed by atoms with Gasteiger partial charge in [0.2, 0.25) is 8.03 Å². The molecule has 0 fully saturated rings. The van der Waals surface area contributed by atoms with Crippen LogP contribution in [0.2, 0.25) is 0 Å². The van der Waals surface area contributed by atoms with Crippen LogP contribution in [-0.4, -0.2) is 40.1 Å². The van der Waals surface area contributed by atoms with E-state index in [4.69, 9.17) is 21.1 Å². The average Bonchev–Trinajstić information content (AvgIpc) is 1.97. The third-order valence-corrected chi connectivity index (χ3v) is 2.29. The smallest absolute Gasteiger partial charge is 0.236 e. The molecule has 0 radical (unpaired) electrons. The summed E-state index contributed by atoms with van der Waals surface area (Å²) < 4.78 is 15.4. The van der Waals surface area contributed by atoms with Crippen LogP contribution in [-0.2, 0) is 9.09 Å². The van der Waals surface area contributed by atoms with Gasteiger partial charge >= 0.3 is 0 Å². The van der Waals surface area contributed by atoms with Gasteiger partial charge in [0.1, 0.15) is 6.10 Å². The molecule has 0 rings (SSSR count). The summed E-state index contributed by atoms with van der Waals surface area (Å²) >= 11 is 0. The Kier molecular flexibility index (Phi) is 4.92. The molecule has 74 valence electrons. The summed E-state index contributed by atoms with van der Waals surface area (Å²) in [6, 6.07) is 0. The molecule has 0 aliphatic carbocycles. The summed E-state index contributed by atoms with van der Waals surface area (Å²) in [6.07, 6.45) is -1.10. The van der Waals surface area contributed by atoms with Crippen molar-refractivity contribution in [3.63, 3.8) is 0 Å². The van der Waals surface area contributed by atoms with Gasteiger partial charge in [-0.25, -0.2) is 0 Å². The summed E-state index contributed by atoms with van der Waals surface area (Å²) in [6.45, 7) is 0.350. The van der Waals surface area contributed by atoms with Gasteiger partial charge in [-0.1, -0.05) is 0 Å². The van der Waals surface area contributed by atoms with E-state index in [1.54, 1.807) is 0 Å². The first-order valence-electron chi connectivity index (χ1n) is 3.35. The van der Waals surface area contributed by atoms with Crippen LogP contribution in [0, 0.1) is 0 Å². The number of nitrogens with two attached hydrogens (primary N) is 1. The van der Waals surface area contributed by atoms with Gasteiger partial charge in [-0.15, -0.1) is 0 Å². The second kappa shape index (κ2) is 4.91. The van der Waals surface area contributed by atoms with Crippen LogP contribution in [0.4, 0.5) is 0 Å². The second-order valence-corrected chi connectivity index (χ2v) is 4.46. The molecule has 12 heavy (non-hydrogen) atoms. The van der Waals surface area contributed by atoms with Crippen molar-refractivity contribution in [1.29, 1.82) is 0 Å². The summed E-state index contributed by atoms with van der Waals surface area (Å²) in [7, 11) is -2.80. The van der Waals surface area contributed by atoms with Gasteiger partial charge in [0.25, 0.3) is 0 Å². The lowest BCUT2D eigenvalue weighted by Gasteiger charge is -2.17. The number of aliphatic hydroxyl groups is 3. The van der Waals surface area contributed by atoms with E-state index >= 15 is 0 Å². The van der Waals surface area contributed by atoms with Crippen LogP contribution in [0.15, 0.2) is 0 Å². The first kappa shape index (κ1) is 12.0. The van der Waals surface area contributed by atoms with E-state index in [1.165, 1.54) is 0 Å². The van der Waals surface area contributed by atoms with Crippen molar-refractivity contribution < 1.29 is 24.4 Å². The van der Waals surface area contributed by atoms with E-state index < -0.39 is 26.2 Å². The molecule has 0 aliphatic rings. The lowest BCUT2D eigenvalue weighted by Crippen LogP contribution is -2.32. The Bertz CT molecular complexity index is 156. The minimum absolute atomic E-state index is 0.304. The summed E-state index contributed by atoms with van der Waals surface area (Å²) in [5.41, 5.74) is 3.15. The molecule has 0 amide bonds. The van der Waals surface area contributed by atoms with Gasteiger partial charge in [-0.2, -0.15) is 0 Å². The lowest BCUT2D eigenvalue weighted by atomic mass is 10.4. The number of rotatable bonds is 5. The molecule has 0 spiro atoms. The third-order valence-electron chi connectivity index (χ3n) is 1.03. The Labute approximate surface area is 70.8 Å². The Balaban J connectivity index is 3.73. The van der Waals surface area contributed by atoms with Crippen LogP contribution in [0.1, 0.15) is 6.92 Å². The summed E-state index contributed by atoms with van der Waals surface area (Å²) in [5.74, 6) is 0. The van der Waals surface area contributed by atoms with Crippen molar-refractivity contribution in [3.05, 3.63) is 0 Å². The van der Waals surface area contributed by atoms with E-state index in [1.807, 2.05) is 0 Å². The quantitative estimate of drug-likeness (QED) is 0.315. The minimum atomic E-state index is -2.80. The van der Waals surface area contributed by atoms with Crippen LogP contribution >= 0.6 is 8.03 Å². The Hall–Kier alpha value is 0.0300. The average molecular weight is 199 g/mol. The normalized spacial score (nSPS) is 21.4. The highest BCUT2D eigenvalue weighted by Gasteiger charge is 2.23. The SMILES string of the molecule is CC(N)(O)[PH](=O)OCC(O)CO. The monoisotopic (exact) mass is 199 g/mol. The molecule has 0 aromatic carbocycles. The Morgan fingerprint density at radius 3 is 2.58 bits per heavy atom. The van der Waals surface area contributed by atoms with Crippen molar-refractivity contribution in [1.82, 2.24) is 0 Å². The van der Waals surface area contributed by atoms with Gasteiger partial charge in [0.15, 0.2) is 5.47 Å². The molecule has 6 nitrogen and oxygen atoms in total. The zero-order chi connectivity index (χ0) is 9.78. The van der Waals surface area contributed by atoms with Crippen molar-refractivity contribution in [2.45, 2.75) is 18.5 Å². The van der Waals surface area contributed by atoms with Gasteiger partial charge in [-0.05, 0) is 6.92 Å². The molecule has 0 aromatic heterocycles. The highest BCUT2D eigenvalue weighted by atomic mass is 31.1. The molecular weight excluding hydrogens is 185 g/mol. The van der Waals surface area contributed by atoms with Crippen LogP contribution in [0.5, 0.6) is 0 Å². The van der Waals surface area contributed by atoms with Crippen molar-refractivity contribution >= 4 is 8.03 Å². The predicted octanol–water partition coefficient (Wildman–Crippen LogP) is -1.54. The maximum absolute atomic E-state index is 10.9. The van der Waals surface area contributed by atoms with Crippen LogP contribution < -0.4 is 5.73 Å². The number of hydrogen-bond acceptors (Lipinski definition) is 6. The highest BCUT2D eigenvalue weighted by molar-refractivity contribution is 7.40. The first-order chi connectivity index (χ1) is 5.38. The minimum Gasteiger partial charge on any atom is -0.394 e. The zero-order valence-corrected chi connectivity index (χ0v) is 7.73. The highest BCUT2D eigenvalue weighted by Crippen LogP contribution is 2.33. The van der Waals surface area contributed by atoms with Crippen molar-refractivity contribution in [2.24, 2.45) is 5.73 Å². The molecule has 0 bridgehead atoms.